The van der Waals surface area contributed by atoms with Crippen molar-refractivity contribution in [3.05, 3.63) is 52.8 Å². The monoisotopic (exact) mass is 566 g/mol. The van der Waals surface area contributed by atoms with Gasteiger partial charge in [0.15, 0.2) is 0 Å². The van der Waals surface area contributed by atoms with E-state index in [1.165, 1.54) is 6.08 Å². The number of benzene rings is 1. The summed E-state index contributed by atoms with van der Waals surface area (Å²) in [6, 6.07) is 4.25. The molecule has 3 N–H and O–H groups in total. The van der Waals surface area contributed by atoms with E-state index in [-0.39, 0.29) is 34.4 Å². The van der Waals surface area contributed by atoms with Crippen molar-refractivity contribution in [2.45, 2.75) is 87.9 Å². The number of halogens is 3. The van der Waals surface area contributed by atoms with Crippen LogP contribution in [0.3, 0.4) is 0 Å². The Hall–Kier alpha value is -1.74. The molecule has 5 nitrogen and oxygen atoms in total. The van der Waals surface area contributed by atoms with Crippen LogP contribution in [0.15, 0.2) is 47.1 Å². The van der Waals surface area contributed by atoms with Crippen LogP contribution >= 0.6 is 23.4 Å². The fourth-order valence-corrected chi connectivity index (χ4v) is 8.02. The van der Waals surface area contributed by atoms with Gasteiger partial charge in [0.1, 0.15) is 12.5 Å². The number of allylic oxidation sites excluding steroid dienone is 4. The standard InChI is InChI=1S/C29H37ClF2N2O3S/c1-16(7-6-8-18(32)15-31)23-24(25(35)33-19-12-28(5,37)13-19)34-22(14-27(2,3)4)29(23)20-10-9-17(30)11-21(20)38-26(29)36/h6-11,16,19,22-24,34,37H,12-15H2,1-5H3,(H,33,35)/b7-6-,18-8+/t16?,19?,22-,23+,24-,28?,29+/m1/s1. The summed E-state index contributed by atoms with van der Waals surface area (Å²) in [6.07, 6.45) is 5.83. The zero-order chi connectivity index (χ0) is 28.0. The van der Waals surface area contributed by atoms with Crippen molar-refractivity contribution in [2.75, 3.05) is 6.67 Å². The highest BCUT2D eigenvalue weighted by Gasteiger charge is 2.66. The van der Waals surface area contributed by atoms with Crippen LogP contribution in [0.25, 0.3) is 0 Å². The van der Waals surface area contributed by atoms with Crippen LogP contribution in [0.1, 0.15) is 59.4 Å². The zero-order valence-electron chi connectivity index (χ0n) is 22.5. The average Bonchev–Trinajstić information content (AvgIpc) is 3.26. The summed E-state index contributed by atoms with van der Waals surface area (Å²) in [7, 11) is 0. The second kappa shape index (κ2) is 10.7. The van der Waals surface area contributed by atoms with Crippen LogP contribution in [0.4, 0.5) is 8.78 Å². The first-order valence-corrected chi connectivity index (χ1v) is 14.3. The number of carbonyl (C=O) groups is 2. The lowest BCUT2D eigenvalue weighted by molar-refractivity contribution is -0.128. The number of hydrogen-bond donors (Lipinski definition) is 3. The molecule has 1 saturated heterocycles. The van der Waals surface area contributed by atoms with Crippen LogP contribution in [0, 0.1) is 17.3 Å². The van der Waals surface area contributed by atoms with E-state index in [2.05, 4.69) is 31.4 Å². The molecule has 38 heavy (non-hydrogen) atoms. The molecule has 0 bridgehead atoms. The Balaban J connectivity index is 1.81. The van der Waals surface area contributed by atoms with Crippen LogP contribution in [-0.4, -0.2) is 46.5 Å². The van der Waals surface area contributed by atoms with Gasteiger partial charge in [-0.05, 0) is 61.3 Å². The molecule has 5 atom stereocenters. The third kappa shape index (κ3) is 5.60. The molecule has 4 rings (SSSR count). The molecule has 2 aliphatic heterocycles. The summed E-state index contributed by atoms with van der Waals surface area (Å²) in [6.45, 7) is 8.76. The van der Waals surface area contributed by atoms with Gasteiger partial charge in [-0.2, -0.15) is 0 Å². The third-order valence-electron chi connectivity index (χ3n) is 7.95. The number of nitrogens with one attached hydrogen (secondary N) is 2. The lowest BCUT2D eigenvalue weighted by atomic mass is 9.61. The molecule has 3 aliphatic rings. The molecule has 9 heteroatoms. The fraction of sp³-hybridized carbons (Fsp3) is 0.586. The van der Waals surface area contributed by atoms with Gasteiger partial charge in [-0.25, -0.2) is 8.78 Å². The molecule has 1 unspecified atom stereocenters. The first kappa shape index (κ1) is 29.2. The van der Waals surface area contributed by atoms with Crippen LogP contribution in [-0.2, 0) is 15.0 Å². The Kier molecular flexibility index (Phi) is 8.22. The summed E-state index contributed by atoms with van der Waals surface area (Å²) in [5.74, 6) is -1.96. The van der Waals surface area contributed by atoms with Crippen molar-refractivity contribution >= 4 is 34.4 Å². The second-order valence-electron chi connectivity index (χ2n) is 12.5. The summed E-state index contributed by atoms with van der Waals surface area (Å²) in [4.78, 5) is 28.7. The Labute approximate surface area is 232 Å². The topological polar surface area (TPSA) is 78.4 Å². The van der Waals surface area contributed by atoms with Gasteiger partial charge >= 0.3 is 0 Å². The number of hydrogen-bond acceptors (Lipinski definition) is 5. The van der Waals surface area contributed by atoms with Crippen molar-refractivity contribution in [1.29, 1.82) is 0 Å². The van der Waals surface area contributed by atoms with Crippen molar-refractivity contribution in [2.24, 2.45) is 17.3 Å². The molecule has 1 saturated carbocycles. The maximum atomic E-state index is 14.1. The highest BCUT2D eigenvalue weighted by atomic mass is 35.5. The summed E-state index contributed by atoms with van der Waals surface area (Å²) >= 11 is 7.45. The van der Waals surface area contributed by atoms with Gasteiger partial charge in [-0.1, -0.05) is 69.3 Å². The predicted octanol–water partition coefficient (Wildman–Crippen LogP) is 5.65. The smallest absolute Gasteiger partial charge is 0.237 e. The minimum Gasteiger partial charge on any atom is -0.390 e. The Morgan fingerprint density at radius 2 is 2.05 bits per heavy atom. The molecule has 1 amide bonds. The zero-order valence-corrected chi connectivity index (χ0v) is 24.1. The van der Waals surface area contributed by atoms with Crippen LogP contribution < -0.4 is 10.6 Å². The molecule has 1 aliphatic carbocycles. The lowest BCUT2D eigenvalue weighted by Gasteiger charge is -2.42. The van der Waals surface area contributed by atoms with Crippen LogP contribution in [0.2, 0.25) is 5.02 Å². The van der Waals surface area contributed by atoms with Gasteiger partial charge in [0.25, 0.3) is 0 Å². The molecule has 2 heterocycles. The fourth-order valence-electron chi connectivity index (χ4n) is 6.49. The molecular weight excluding hydrogens is 530 g/mol. The average molecular weight is 567 g/mol. The van der Waals surface area contributed by atoms with Gasteiger partial charge in [-0.15, -0.1) is 0 Å². The van der Waals surface area contributed by atoms with Gasteiger partial charge in [-0.3, -0.25) is 9.59 Å². The number of alkyl halides is 1. The maximum Gasteiger partial charge on any atom is 0.237 e. The molecule has 2 fully saturated rings. The highest BCUT2D eigenvalue weighted by Crippen LogP contribution is 2.59. The van der Waals surface area contributed by atoms with Gasteiger partial charge in [0, 0.05) is 27.9 Å². The van der Waals surface area contributed by atoms with E-state index >= 15 is 0 Å². The Morgan fingerprint density at radius 3 is 2.66 bits per heavy atom. The van der Waals surface area contributed by atoms with E-state index in [4.69, 9.17) is 11.6 Å². The largest absolute Gasteiger partial charge is 0.390 e. The van der Waals surface area contributed by atoms with E-state index in [0.29, 0.717) is 24.3 Å². The SMILES string of the molecule is CC(/C=C\C=C(\F)CF)[C@H]1[C@H](C(=O)NC2CC(C)(O)C2)N[C@H](CC(C)(C)C)[C@]12C(=O)Sc1cc(Cl)ccc12. The number of rotatable bonds is 7. The van der Waals surface area contributed by atoms with E-state index < -0.39 is 35.5 Å². The van der Waals surface area contributed by atoms with E-state index in [9.17, 15) is 23.5 Å². The van der Waals surface area contributed by atoms with E-state index in [0.717, 1.165) is 28.3 Å². The van der Waals surface area contributed by atoms with Crippen molar-refractivity contribution in [1.82, 2.24) is 10.6 Å². The van der Waals surface area contributed by atoms with E-state index in [1.54, 1.807) is 25.1 Å². The molecule has 208 valence electrons. The maximum absolute atomic E-state index is 14.1. The second-order valence-corrected chi connectivity index (χ2v) is 13.9. The number of aliphatic hydroxyl groups is 1. The summed E-state index contributed by atoms with van der Waals surface area (Å²) < 4.78 is 26.2. The molecule has 1 spiro atoms. The number of carbonyl (C=O) groups excluding carboxylic acids is 2. The Morgan fingerprint density at radius 1 is 1.37 bits per heavy atom. The first-order valence-electron chi connectivity index (χ1n) is 13.1. The lowest BCUT2D eigenvalue weighted by Crippen LogP contribution is -2.57. The van der Waals surface area contributed by atoms with Crippen LogP contribution in [0.5, 0.6) is 0 Å². The van der Waals surface area contributed by atoms with Gasteiger partial charge in [0.2, 0.25) is 11.0 Å². The minimum atomic E-state index is -1.19. The molecule has 0 radical (unpaired) electrons. The molecule has 1 aromatic rings. The predicted molar refractivity (Wildman–Crippen MR) is 148 cm³/mol. The van der Waals surface area contributed by atoms with Gasteiger partial charge < -0.3 is 15.7 Å². The molecule has 1 aromatic carbocycles. The minimum absolute atomic E-state index is 0.0471. The van der Waals surface area contributed by atoms with Gasteiger partial charge in [0.05, 0.1) is 17.1 Å². The van der Waals surface area contributed by atoms with Crippen molar-refractivity contribution in [3.63, 3.8) is 0 Å². The first-order chi connectivity index (χ1) is 17.7. The summed E-state index contributed by atoms with van der Waals surface area (Å²) in [5, 5.41) is 17.3. The molecular formula is C29H37ClF2N2O3S. The Bertz CT molecular complexity index is 1160. The molecule has 0 aromatic heterocycles. The normalized spacial score (nSPS) is 34.0. The summed E-state index contributed by atoms with van der Waals surface area (Å²) in [5.41, 5.74) is -1.14. The number of fused-ring (bicyclic) bond motifs is 2. The number of amides is 1. The highest BCUT2D eigenvalue weighted by molar-refractivity contribution is 8.14. The quantitative estimate of drug-likeness (QED) is 0.372. The van der Waals surface area contributed by atoms with Crippen molar-refractivity contribution in [3.8, 4) is 0 Å². The number of thioether (sulfide) groups is 1. The van der Waals surface area contributed by atoms with E-state index in [1.807, 2.05) is 13.0 Å². The van der Waals surface area contributed by atoms with Crippen molar-refractivity contribution < 1.29 is 23.5 Å². The third-order valence-corrected chi connectivity index (χ3v) is 9.26.